The molecule has 0 atom stereocenters. The maximum atomic E-state index is 12.4. The Hall–Kier alpha value is -2.55. The summed E-state index contributed by atoms with van der Waals surface area (Å²) in [4.78, 5) is 28.6. The van der Waals surface area contributed by atoms with Crippen molar-refractivity contribution in [2.24, 2.45) is 0 Å². The second-order valence-electron chi connectivity index (χ2n) is 7.54. The Morgan fingerprint density at radius 1 is 1.06 bits per heavy atom. The highest BCUT2D eigenvalue weighted by Crippen LogP contribution is 2.30. The summed E-state index contributed by atoms with van der Waals surface area (Å²) in [5.41, 5.74) is 1.90. The minimum atomic E-state index is -0.393. The van der Waals surface area contributed by atoms with Crippen LogP contribution in [0.15, 0.2) is 36.4 Å². The summed E-state index contributed by atoms with van der Waals surface area (Å²) in [6.45, 7) is 4.82. The first-order valence-corrected chi connectivity index (χ1v) is 11.8. The molecule has 1 fully saturated rings. The van der Waals surface area contributed by atoms with Crippen molar-refractivity contribution in [1.82, 2.24) is 10.2 Å². The Balaban J connectivity index is 1.56. The van der Waals surface area contributed by atoms with Gasteiger partial charge in [0, 0.05) is 43.9 Å². The van der Waals surface area contributed by atoms with E-state index >= 15 is 0 Å². The number of benzene rings is 2. The van der Waals surface area contributed by atoms with Crippen molar-refractivity contribution in [3.8, 4) is 5.75 Å². The molecular weight excluding hydrogens is 483 g/mol. The second kappa shape index (κ2) is 11.5. The van der Waals surface area contributed by atoms with Gasteiger partial charge in [0.2, 0.25) is 5.91 Å². The summed E-state index contributed by atoms with van der Waals surface area (Å²) in [5, 5.41) is 6.63. The monoisotopic (exact) mass is 508 g/mol. The van der Waals surface area contributed by atoms with E-state index in [1.54, 1.807) is 18.2 Å². The molecule has 176 valence electrons. The molecule has 1 saturated heterocycles. The third-order valence-corrected chi connectivity index (χ3v) is 6.09. The first kappa shape index (κ1) is 25.1. The van der Waals surface area contributed by atoms with Crippen molar-refractivity contribution in [2.75, 3.05) is 43.5 Å². The van der Waals surface area contributed by atoms with Crippen LogP contribution in [0.5, 0.6) is 5.75 Å². The SMILES string of the molecule is CCCC(=O)N1CCN(c2ccc(NC(=S)NC(=O)c3ccc(OC)c(Cl)c3)cc2Cl)CC1. The number of hydrogen-bond donors (Lipinski definition) is 2. The summed E-state index contributed by atoms with van der Waals surface area (Å²) in [6, 6.07) is 10.2. The number of nitrogens with zero attached hydrogens (tertiary/aromatic N) is 2. The van der Waals surface area contributed by atoms with Gasteiger partial charge in [0.15, 0.2) is 5.11 Å². The summed E-state index contributed by atoms with van der Waals surface area (Å²) >= 11 is 17.9. The topological polar surface area (TPSA) is 73.9 Å². The maximum Gasteiger partial charge on any atom is 0.257 e. The van der Waals surface area contributed by atoms with Gasteiger partial charge in [-0.1, -0.05) is 30.1 Å². The number of thiocarbonyl (C=S) groups is 1. The van der Waals surface area contributed by atoms with E-state index in [1.807, 2.05) is 24.0 Å². The number of nitrogens with one attached hydrogen (secondary N) is 2. The molecule has 1 aliphatic heterocycles. The minimum Gasteiger partial charge on any atom is -0.495 e. The van der Waals surface area contributed by atoms with Crippen LogP contribution in [0.25, 0.3) is 0 Å². The van der Waals surface area contributed by atoms with Crippen LogP contribution in [0.1, 0.15) is 30.1 Å². The fourth-order valence-electron chi connectivity index (χ4n) is 3.56. The summed E-state index contributed by atoms with van der Waals surface area (Å²) in [6.07, 6.45) is 1.44. The molecular formula is C23H26Cl2N4O3S. The van der Waals surface area contributed by atoms with Gasteiger partial charge in [-0.2, -0.15) is 0 Å². The summed E-state index contributed by atoms with van der Waals surface area (Å²) in [7, 11) is 1.50. The molecule has 1 heterocycles. The first-order chi connectivity index (χ1) is 15.8. The number of amides is 2. The van der Waals surface area contributed by atoms with Crippen molar-refractivity contribution in [2.45, 2.75) is 19.8 Å². The van der Waals surface area contributed by atoms with Crippen LogP contribution >= 0.6 is 35.4 Å². The molecule has 2 aromatic rings. The molecule has 0 spiro atoms. The first-order valence-electron chi connectivity index (χ1n) is 10.6. The fourth-order valence-corrected chi connectivity index (χ4v) is 4.32. The lowest BCUT2D eigenvalue weighted by molar-refractivity contribution is -0.131. The molecule has 1 aliphatic rings. The average Bonchev–Trinajstić information content (AvgIpc) is 2.79. The Bertz CT molecular complexity index is 1040. The van der Waals surface area contributed by atoms with E-state index in [0.29, 0.717) is 46.6 Å². The molecule has 2 N–H and O–H groups in total. The van der Waals surface area contributed by atoms with Gasteiger partial charge in [0.25, 0.3) is 5.91 Å². The van der Waals surface area contributed by atoms with E-state index < -0.39 is 5.91 Å². The molecule has 0 unspecified atom stereocenters. The minimum absolute atomic E-state index is 0.138. The number of halogens is 2. The van der Waals surface area contributed by atoms with Gasteiger partial charge in [-0.05, 0) is 55.0 Å². The molecule has 0 aromatic heterocycles. The fraction of sp³-hybridized carbons (Fsp3) is 0.348. The smallest absolute Gasteiger partial charge is 0.257 e. The van der Waals surface area contributed by atoms with Gasteiger partial charge < -0.3 is 19.9 Å². The standard InChI is InChI=1S/C23H26Cl2N4O3S/c1-3-4-21(30)29-11-9-28(10-12-29)19-7-6-16(14-17(19)24)26-23(33)27-22(31)15-5-8-20(32-2)18(25)13-15/h5-8,13-14H,3-4,9-12H2,1-2H3,(H2,26,27,31,33). The molecule has 10 heteroatoms. The van der Waals surface area contributed by atoms with E-state index in [4.69, 9.17) is 40.2 Å². The molecule has 0 radical (unpaired) electrons. The zero-order valence-corrected chi connectivity index (χ0v) is 20.8. The van der Waals surface area contributed by atoms with Crippen LogP contribution in [-0.4, -0.2) is 55.1 Å². The number of hydrogen-bond acceptors (Lipinski definition) is 5. The van der Waals surface area contributed by atoms with Gasteiger partial charge in [-0.3, -0.25) is 14.9 Å². The average molecular weight is 509 g/mol. The van der Waals surface area contributed by atoms with Gasteiger partial charge >= 0.3 is 0 Å². The van der Waals surface area contributed by atoms with Crippen molar-refractivity contribution in [3.05, 3.63) is 52.0 Å². The molecule has 0 bridgehead atoms. The molecule has 0 aliphatic carbocycles. The molecule has 33 heavy (non-hydrogen) atoms. The molecule has 7 nitrogen and oxygen atoms in total. The lowest BCUT2D eigenvalue weighted by Crippen LogP contribution is -2.48. The highest BCUT2D eigenvalue weighted by Gasteiger charge is 2.22. The quantitative estimate of drug-likeness (QED) is 0.556. The maximum absolute atomic E-state index is 12.4. The van der Waals surface area contributed by atoms with E-state index in [0.717, 1.165) is 25.2 Å². The molecule has 2 amide bonds. The predicted molar refractivity (Wildman–Crippen MR) is 137 cm³/mol. The third-order valence-electron chi connectivity index (χ3n) is 5.28. The van der Waals surface area contributed by atoms with Crippen molar-refractivity contribution in [1.29, 1.82) is 0 Å². The number of rotatable bonds is 6. The number of anilines is 2. The lowest BCUT2D eigenvalue weighted by Gasteiger charge is -2.36. The highest BCUT2D eigenvalue weighted by atomic mass is 35.5. The van der Waals surface area contributed by atoms with E-state index in [2.05, 4.69) is 15.5 Å². The molecule has 3 rings (SSSR count). The van der Waals surface area contributed by atoms with Crippen LogP contribution in [0.2, 0.25) is 10.0 Å². The van der Waals surface area contributed by atoms with Crippen molar-refractivity contribution in [3.63, 3.8) is 0 Å². The molecule has 0 saturated carbocycles. The number of methoxy groups -OCH3 is 1. The van der Waals surface area contributed by atoms with Crippen LogP contribution in [0.4, 0.5) is 11.4 Å². The Morgan fingerprint density at radius 2 is 1.79 bits per heavy atom. The normalized spacial score (nSPS) is 13.5. The van der Waals surface area contributed by atoms with Crippen molar-refractivity contribution < 1.29 is 14.3 Å². The number of ether oxygens (including phenoxy) is 1. The largest absolute Gasteiger partial charge is 0.495 e. The molecule has 2 aromatic carbocycles. The number of carbonyl (C=O) groups excluding carboxylic acids is 2. The van der Waals surface area contributed by atoms with Crippen LogP contribution in [0, 0.1) is 0 Å². The van der Waals surface area contributed by atoms with Gasteiger partial charge in [-0.25, -0.2) is 0 Å². The summed E-state index contributed by atoms with van der Waals surface area (Å²) in [5.74, 6) is 0.295. The van der Waals surface area contributed by atoms with E-state index in [9.17, 15) is 9.59 Å². The Morgan fingerprint density at radius 3 is 2.39 bits per heavy atom. The Kier molecular flexibility index (Phi) is 8.77. The van der Waals surface area contributed by atoms with Gasteiger partial charge in [0.05, 0.1) is 22.8 Å². The van der Waals surface area contributed by atoms with Crippen LogP contribution < -0.4 is 20.3 Å². The lowest BCUT2D eigenvalue weighted by atomic mass is 10.2. The second-order valence-corrected chi connectivity index (χ2v) is 8.76. The Labute approximate surface area is 209 Å². The van der Waals surface area contributed by atoms with Crippen LogP contribution in [-0.2, 0) is 4.79 Å². The van der Waals surface area contributed by atoms with Crippen LogP contribution in [0.3, 0.4) is 0 Å². The number of carbonyl (C=O) groups is 2. The third kappa shape index (κ3) is 6.50. The van der Waals surface area contributed by atoms with E-state index in [-0.39, 0.29) is 11.0 Å². The summed E-state index contributed by atoms with van der Waals surface area (Å²) < 4.78 is 5.09. The zero-order valence-electron chi connectivity index (χ0n) is 18.5. The van der Waals surface area contributed by atoms with E-state index in [1.165, 1.54) is 13.2 Å². The van der Waals surface area contributed by atoms with Gasteiger partial charge in [0.1, 0.15) is 5.75 Å². The van der Waals surface area contributed by atoms with Gasteiger partial charge in [-0.15, -0.1) is 0 Å². The van der Waals surface area contributed by atoms with Crippen molar-refractivity contribution >= 4 is 63.7 Å². The zero-order chi connectivity index (χ0) is 24.0. The predicted octanol–water partition coefficient (Wildman–Crippen LogP) is 4.58. The highest BCUT2D eigenvalue weighted by molar-refractivity contribution is 7.80. The number of piperazine rings is 1.